The first-order chi connectivity index (χ1) is 8.60. The molecule has 0 heterocycles. The minimum Gasteiger partial charge on any atom is -0.497 e. The van der Waals surface area contributed by atoms with E-state index in [-0.39, 0.29) is 0 Å². The van der Waals surface area contributed by atoms with Gasteiger partial charge in [-0.1, -0.05) is 12.8 Å². The van der Waals surface area contributed by atoms with Gasteiger partial charge in [0.1, 0.15) is 17.6 Å². The van der Waals surface area contributed by atoms with Crippen LogP contribution in [0.25, 0.3) is 0 Å². The molecule has 1 aromatic carbocycles. The van der Waals surface area contributed by atoms with Gasteiger partial charge in [0.15, 0.2) is 0 Å². The van der Waals surface area contributed by atoms with Crippen molar-refractivity contribution in [2.45, 2.75) is 37.4 Å². The lowest BCUT2D eigenvalue weighted by atomic mass is 9.89. The third-order valence-corrected chi connectivity index (χ3v) is 3.71. The molecule has 0 amide bonds. The average molecular weight is 252 g/mol. The van der Waals surface area contributed by atoms with Crippen LogP contribution in [0.1, 0.15) is 37.4 Å². The number of aliphatic hydroxyl groups excluding tert-OH is 1. The van der Waals surface area contributed by atoms with Crippen LogP contribution in [0.4, 0.5) is 0 Å². The zero-order valence-corrected chi connectivity index (χ0v) is 10.8. The van der Waals surface area contributed by atoms with Gasteiger partial charge in [0.05, 0.1) is 19.8 Å². The summed E-state index contributed by atoms with van der Waals surface area (Å²) in [5.74, 6) is 1.21. The van der Waals surface area contributed by atoms with Crippen LogP contribution in [0, 0.1) is 0 Å². The lowest BCUT2D eigenvalue weighted by Gasteiger charge is -2.29. The van der Waals surface area contributed by atoms with Crippen LogP contribution in [0.2, 0.25) is 0 Å². The summed E-state index contributed by atoms with van der Waals surface area (Å²) in [4.78, 5) is 0. The van der Waals surface area contributed by atoms with E-state index in [9.17, 15) is 10.2 Å². The van der Waals surface area contributed by atoms with Gasteiger partial charge in [0.2, 0.25) is 0 Å². The van der Waals surface area contributed by atoms with E-state index in [4.69, 9.17) is 9.47 Å². The number of rotatable bonds is 4. The highest BCUT2D eigenvalue weighted by Gasteiger charge is 2.40. The SMILES string of the molecule is COc1ccc(C(O)C2(O)CCCC2)c(OC)c1. The van der Waals surface area contributed by atoms with Crippen LogP contribution in [-0.4, -0.2) is 30.0 Å². The van der Waals surface area contributed by atoms with Gasteiger partial charge in [-0.25, -0.2) is 0 Å². The summed E-state index contributed by atoms with van der Waals surface area (Å²) in [6, 6.07) is 5.23. The molecule has 2 rings (SSSR count). The van der Waals surface area contributed by atoms with Crippen LogP contribution >= 0.6 is 0 Å². The molecule has 1 aliphatic carbocycles. The van der Waals surface area contributed by atoms with Gasteiger partial charge in [-0.3, -0.25) is 0 Å². The maximum Gasteiger partial charge on any atom is 0.128 e. The van der Waals surface area contributed by atoms with Crippen molar-refractivity contribution in [3.05, 3.63) is 23.8 Å². The molecule has 0 bridgehead atoms. The smallest absolute Gasteiger partial charge is 0.128 e. The van der Waals surface area contributed by atoms with Crippen LogP contribution in [0.3, 0.4) is 0 Å². The summed E-state index contributed by atoms with van der Waals surface area (Å²) in [6.07, 6.45) is 2.24. The van der Waals surface area contributed by atoms with Crippen molar-refractivity contribution >= 4 is 0 Å². The minimum absolute atomic E-state index is 0.544. The number of methoxy groups -OCH3 is 2. The van der Waals surface area contributed by atoms with Crippen LogP contribution in [0.15, 0.2) is 18.2 Å². The van der Waals surface area contributed by atoms with Gasteiger partial charge in [0, 0.05) is 11.6 Å². The third-order valence-electron chi connectivity index (χ3n) is 3.71. The Morgan fingerprint density at radius 2 is 1.83 bits per heavy atom. The largest absolute Gasteiger partial charge is 0.497 e. The first kappa shape index (κ1) is 13.2. The molecule has 1 aromatic rings. The second-order valence-electron chi connectivity index (χ2n) is 4.82. The molecule has 0 aromatic heterocycles. The zero-order valence-electron chi connectivity index (χ0n) is 10.8. The van der Waals surface area contributed by atoms with Crippen LogP contribution < -0.4 is 9.47 Å². The number of benzene rings is 1. The van der Waals surface area contributed by atoms with E-state index >= 15 is 0 Å². The monoisotopic (exact) mass is 252 g/mol. The fourth-order valence-electron chi connectivity index (χ4n) is 2.59. The fourth-order valence-corrected chi connectivity index (χ4v) is 2.59. The average Bonchev–Trinajstić information content (AvgIpc) is 2.85. The molecule has 18 heavy (non-hydrogen) atoms. The topological polar surface area (TPSA) is 58.9 Å². The maximum absolute atomic E-state index is 10.4. The highest BCUT2D eigenvalue weighted by molar-refractivity contribution is 5.43. The van der Waals surface area contributed by atoms with E-state index in [1.165, 1.54) is 0 Å². The molecule has 0 spiro atoms. The molecule has 4 heteroatoms. The zero-order chi connectivity index (χ0) is 13.2. The van der Waals surface area contributed by atoms with Crippen molar-refractivity contribution < 1.29 is 19.7 Å². The lowest BCUT2D eigenvalue weighted by Crippen LogP contribution is -2.33. The summed E-state index contributed by atoms with van der Waals surface area (Å²) in [7, 11) is 3.12. The minimum atomic E-state index is -1.03. The number of hydrogen-bond acceptors (Lipinski definition) is 4. The van der Waals surface area contributed by atoms with Gasteiger partial charge >= 0.3 is 0 Å². The van der Waals surface area contributed by atoms with Crippen molar-refractivity contribution in [3.8, 4) is 11.5 Å². The van der Waals surface area contributed by atoms with E-state index in [1.807, 2.05) is 0 Å². The first-order valence-electron chi connectivity index (χ1n) is 6.23. The second kappa shape index (κ2) is 5.16. The molecule has 0 aliphatic heterocycles. The highest BCUT2D eigenvalue weighted by atomic mass is 16.5. The van der Waals surface area contributed by atoms with Crippen molar-refractivity contribution in [1.29, 1.82) is 0 Å². The molecule has 1 unspecified atom stereocenters. The van der Waals surface area contributed by atoms with E-state index < -0.39 is 11.7 Å². The van der Waals surface area contributed by atoms with E-state index in [0.29, 0.717) is 29.9 Å². The summed E-state index contributed by atoms with van der Waals surface area (Å²) in [5, 5.41) is 20.8. The molecule has 2 N–H and O–H groups in total. The highest BCUT2D eigenvalue weighted by Crippen LogP contribution is 2.42. The van der Waals surface area contributed by atoms with Crippen LogP contribution in [0.5, 0.6) is 11.5 Å². The molecule has 1 aliphatic rings. The van der Waals surface area contributed by atoms with Crippen molar-refractivity contribution in [2.75, 3.05) is 14.2 Å². The Hall–Kier alpha value is -1.26. The molecule has 0 radical (unpaired) electrons. The van der Waals surface area contributed by atoms with Gasteiger partial charge in [-0.05, 0) is 25.0 Å². The summed E-state index contributed by atoms with van der Waals surface area (Å²) in [6.45, 7) is 0. The standard InChI is InChI=1S/C14H20O4/c1-17-10-5-6-11(12(9-10)18-2)13(15)14(16)7-3-4-8-14/h5-6,9,13,15-16H,3-4,7-8H2,1-2H3. The normalized spacial score (nSPS) is 19.6. The Kier molecular flexibility index (Phi) is 3.78. The second-order valence-corrected chi connectivity index (χ2v) is 4.82. The Morgan fingerprint density at radius 3 is 2.39 bits per heavy atom. The summed E-state index contributed by atoms with van der Waals surface area (Å²) in [5.41, 5.74) is -0.412. The quantitative estimate of drug-likeness (QED) is 0.861. The Bertz CT molecular complexity index is 410. The lowest BCUT2D eigenvalue weighted by molar-refractivity contribution is -0.0727. The molecular formula is C14H20O4. The van der Waals surface area contributed by atoms with E-state index in [2.05, 4.69) is 0 Å². The number of ether oxygens (including phenoxy) is 2. The van der Waals surface area contributed by atoms with E-state index in [0.717, 1.165) is 12.8 Å². The summed E-state index contributed by atoms with van der Waals surface area (Å²) >= 11 is 0. The number of aliphatic hydroxyl groups is 2. The molecule has 1 saturated carbocycles. The predicted octanol–water partition coefficient (Wildman–Crippen LogP) is 2.04. The molecule has 1 fully saturated rings. The van der Waals surface area contributed by atoms with Gasteiger partial charge in [0.25, 0.3) is 0 Å². The molecule has 4 nitrogen and oxygen atoms in total. The van der Waals surface area contributed by atoms with Gasteiger partial charge in [-0.2, -0.15) is 0 Å². The molecule has 0 saturated heterocycles. The molecule has 100 valence electrons. The maximum atomic E-state index is 10.4. The summed E-state index contributed by atoms with van der Waals surface area (Å²) < 4.78 is 10.4. The first-order valence-corrected chi connectivity index (χ1v) is 6.23. The van der Waals surface area contributed by atoms with Crippen molar-refractivity contribution in [3.63, 3.8) is 0 Å². The molecular weight excluding hydrogens is 232 g/mol. The Morgan fingerprint density at radius 1 is 1.17 bits per heavy atom. The van der Waals surface area contributed by atoms with Crippen molar-refractivity contribution in [1.82, 2.24) is 0 Å². The van der Waals surface area contributed by atoms with Crippen LogP contribution in [-0.2, 0) is 0 Å². The Balaban J connectivity index is 2.32. The van der Waals surface area contributed by atoms with E-state index in [1.54, 1.807) is 32.4 Å². The van der Waals surface area contributed by atoms with Crippen molar-refractivity contribution in [2.24, 2.45) is 0 Å². The van der Waals surface area contributed by atoms with Gasteiger partial charge in [-0.15, -0.1) is 0 Å². The molecule has 1 atom stereocenters. The fraction of sp³-hybridized carbons (Fsp3) is 0.571. The Labute approximate surface area is 107 Å². The van der Waals surface area contributed by atoms with Gasteiger partial charge < -0.3 is 19.7 Å². The third kappa shape index (κ3) is 2.31. The predicted molar refractivity (Wildman–Crippen MR) is 67.9 cm³/mol. The number of hydrogen-bond donors (Lipinski definition) is 2.